The zero-order chi connectivity index (χ0) is 20.3. The summed E-state index contributed by atoms with van der Waals surface area (Å²) in [7, 11) is -3.20. The standard InChI is InChI=1S/C20H21ClFNO4S/c1-14-10-16(21)6-7-19(14)27-12-20(24)23(17-8-9-28(25,26)13-17)11-15-4-2-3-5-18(15)22/h2-7,10,17H,8-9,11-13H2,1H3/t17-/m0/s1. The molecule has 2 aromatic carbocycles. The van der Waals surface area contributed by atoms with E-state index < -0.39 is 21.7 Å². The van der Waals surface area contributed by atoms with Gasteiger partial charge >= 0.3 is 0 Å². The first kappa shape index (κ1) is 20.6. The van der Waals surface area contributed by atoms with E-state index in [0.717, 1.165) is 5.56 Å². The molecule has 1 fully saturated rings. The molecular formula is C20H21ClFNO4S. The number of hydrogen-bond acceptors (Lipinski definition) is 4. The second kappa shape index (κ2) is 8.49. The Morgan fingerprint density at radius 3 is 2.68 bits per heavy atom. The van der Waals surface area contributed by atoms with Gasteiger partial charge in [0.15, 0.2) is 16.4 Å². The lowest BCUT2D eigenvalue weighted by atomic mass is 10.1. The van der Waals surface area contributed by atoms with E-state index in [-0.39, 0.29) is 30.6 Å². The Hall–Kier alpha value is -2.12. The van der Waals surface area contributed by atoms with Crippen LogP contribution in [0.1, 0.15) is 17.5 Å². The molecule has 1 heterocycles. The molecule has 1 aliphatic rings. The van der Waals surface area contributed by atoms with E-state index in [0.29, 0.717) is 22.8 Å². The highest BCUT2D eigenvalue weighted by molar-refractivity contribution is 7.91. The SMILES string of the molecule is Cc1cc(Cl)ccc1OCC(=O)N(Cc1ccccc1F)[C@H]1CCS(=O)(=O)C1. The van der Waals surface area contributed by atoms with E-state index >= 15 is 0 Å². The summed E-state index contributed by atoms with van der Waals surface area (Å²) in [6, 6.07) is 10.7. The molecule has 1 saturated heterocycles. The van der Waals surface area contributed by atoms with Crippen LogP contribution in [0.15, 0.2) is 42.5 Å². The molecule has 0 spiro atoms. The highest BCUT2D eigenvalue weighted by Gasteiger charge is 2.35. The van der Waals surface area contributed by atoms with E-state index in [1.54, 1.807) is 36.4 Å². The van der Waals surface area contributed by atoms with E-state index in [2.05, 4.69) is 0 Å². The number of ether oxygens (including phenoxy) is 1. The largest absolute Gasteiger partial charge is 0.483 e. The van der Waals surface area contributed by atoms with Gasteiger partial charge < -0.3 is 9.64 Å². The van der Waals surface area contributed by atoms with Gasteiger partial charge in [0.05, 0.1) is 11.5 Å². The third-order valence-corrected chi connectivity index (χ3v) is 6.74. The van der Waals surface area contributed by atoms with Crippen molar-refractivity contribution < 1.29 is 22.3 Å². The summed E-state index contributed by atoms with van der Waals surface area (Å²) < 4.78 is 43.5. The second-order valence-corrected chi connectivity index (χ2v) is 9.53. The Balaban J connectivity index is 1.77. The van der Waals surface area contributed by atoms with Gasteiger partial charge in [0.25, 0.3) is 5.91 Å². The van der Waals surface area contributed by atoms with Crippen LogP contribution in [-0.2, 0) is 21.2 Å². The van der Waals surface area contributed by atoms with E-state index in [1.165, 1.54) is 11.0 Å². The molecule has 1 amide bonds. The van der Waals surface area contributed by atoms with E-state index in [4.69, 9.17) is 16.3 Å². The van der Waals surface area contributed by atoms with Crippen LogP contribution in [0, 0.1) is 12.7 Å². The molecule has 8 heteroatoms. The fourth-order valence-corrected chi connectivity index (χ4v) is 5.21. The molecule has 28 heavy (non-hydrogen) atoms. The maximum absolute atomic E-state index is 14.1. The Bertz CT molecular complexity index is 980. The molecule has 0 aromatic heterocycles. The predicted octanol–water partition coefficient (Wildman–Crippen LogP) is 3.38. The molecular weight excluding hydrogens is 405 g/mol. The number of halogens is 2. The van der Waals surface area contributed by atoms with Crippen LogP contribution in [0.3, 0.4) is 0 Å². The highest BCUT2D eigenvalue weighted by atomic mass is 35.5. The van der Waals surface area contributed by atoms with Gasteiger partial charge in [0.1, 0.15) is 11.6 Å². The summed E-state index contributed by atoms with van der Waals surface area (Å²) >= 11 is 5.92. The van der Waals surface area contributed by atoms with Gasteiger partial charge in [-0.05, 0) is 43.2 Å². The van der Waals surface area contributed by atoms with Gasteiger partial charge in [0.2, 0.25) is 0 Å². The minimum atomic E-state index is -3.20. The molecule has 1 atom stereocenters. The summed E-state index contributed by atoms with van der Waals surface area (Å²) in [5, 5.41) is 0.563. The summed E-state index contributed by atoms with van der Waals surface area (Å²) in [6.45, 7) is 1.54. The van der Waals surface area contributed by atoms with Gasteiger partial charge in [-0.25, -0.2) is 12.8 Å². The fourth-order valence-electron chi connectivity index (χ4n) is 3.25. The molecule has 0 unspecified atom stereocenters. The lowest BCUT2D eigenvalue weighted by molar-refractivity contribution is -0.136. The molecule has 0 aliphatic carbocycles. The van der Waals surface area contributed by atoms with Gasteiger partial charge in [-0.2, -0.15) is 0 Å². The number of benzene rings is 2. The molecule has 0 saturated carbocycles. The number of aryl methyl sites for hydroxylation is 1. The molecule has 3 rings (SSSR count). The predicted molar refractivity (Wildman–Crippen MR) is 106 cm³/mol. The Morgan fingerprint density at radius 2 is 2.04 bits per heavy atom. The lowest BCUT2D eigenvalue weighted by Crippen LogP contribution is -2.43. The van der Waals surface area contributed by atoms with Crippen LogP contribution in [0.5, 0.6) is 5.75 Å². The van der Waals surface area contributed by atoms with Crippen molar-refractivity contribution in [1.29, 1.82) is 0 Å². The topological polar surface area (TPSA) is 63.7 Å². The molecule has 0 bridgehead atoms. The van der Waals surface area contributed by atoms with Crippen LogP contribution in [0.4, 0.5) is 4.39 Å². The monoisotopic (exact) mass is 425 g/mol. The van der Waals surface area contributed by atoms with Crippen LogP contribution in [0.2, 0.25) is 5.02 Å². The molecule has 1 aliphatic heterocycles. The number of sulfone groups is 1. The third-order valence-electron chi connectivity index (χ3n) is 4.76. The molecule has 150 valence electrons. The quantitative estimate of drug-likeness (QED) is 0.711. The molecule has 0 radical (unpaired) electrons. The van der Waals surface area contributed by atoms with Gasteiger partial charge in [-0.15, -0.1) is 0 Å². The maximum atomic E-state index is 14.1. The normalized spacial score (nSPS) is 18.0. The van der Waals surface area contributed by atoms with E-state index in [9.17, 15) is 17.6 Å². The Labute approximate surface area is 169 Å². The molecule has 0 N–H and O–H groups in total. The summed E-state index contributed by atoms with van der Waals surface area (Å²) in [5.74, 6) is -0.402. The summed E-state index contributed by atoms with van der Waals surface area (Å²) in [6.07, 6.45) is 0.336. The van der Waals surface area contributed by atoms with E-state index in [1.807, 2.05) is 6.92 Å². The van der Waals surface area contributed by atoms with Gasteiger partial charge in [0, 0.05) is 23.2 Å². The van der Waals surface area contributed by atoms with Gasteiger partial charge in [-0.1, -0.05) is 29.8 Å². The molecule has 5 nitrogen and oxygen atoms in total. The molecule has 2 aromatic rings. The average molecular weight is 426 g/mol. The van der Waals surface area contributed by atoms with Crippen molar-refractivity contribution in [3.63, 3.8) is 0 Å². The van der Waals surface area contributed by atoms with Crippen LogP contribution < -0.4 is 4.74 Å². The maximum Gasteiger partial charge on any atom is 0.261 e. The highest BCUT2D eigenvalue weighted by Crippen LogP contribution is 2.24. The van der Waals surface area contributed by atoms with Crippen molar-refractivity contribution in [2.75, 3.05) is 18.1 Å². The minimum absolute atomic E-state index is 0.00530. The van der Waals surface area contributed by atoms with Crippen LogP contribution in [-0.4, -0.2) is 43.4 Å². The van der Waals surface area contributed by atoms with Crippen LogP contribution >= 0.6 is 11.6 Å². The van der Waals surface area contributed by atoms with Crippen molar-refractivity contribution in [1.82, 2.24) is 4.90 Å². The number of carbonyl (C=O) groups excluding carboxylic acids is 1. The number of rotatable bonds is 6. The zero-order valence-electron chi connectivity index (χ0n) is 15.4. The van der Waals surface area contributed by atoms with Crippen molar-refractivity contribution in [2.45, 2.75) is 25.9 Å². The first-order valence-corrected chi connectivity index (χ1v) is 11.1. The third kappa shape index (κ3) is 5.02. The van der Waals surface area contributed by atoms with Crippen molar-refractivity contribution in [2.24, 2.45) is 0 Å². The summed E-state index contributed by atoms with van der Waals surface area (Å²) in [5.41, 5.74) is 1.12. The van der Waals surface area contributed by atoms with Crippen molar-refractivity contribution in [3.05, 3.63) is 64.4 Å². The first-order chi connectivity index (χ1) is 13.2. The smallest absolute Gasteiger partial charge is 0.261 e. The number of hydrogen-bond donors (Lipinski definition) is 0. The van der Waals surface area contributed by atoms with Crippen molar-refractivity contribution in [3.8, 4) is 5.75 Å². The second-order valence-electron chi connectivity index (χ2n) is 6.87. The number of nitrogens with zero attached hydrogens (tertiary/aromatic N) is 1. The van der Waals surface area contributed by atoms with Gasteiger partial charge in [-0.3, -0.25) is 4.79 Å². The zero-order valence-corrected chi connectivity index (χ0v) is 17.0. The first-order valence-electron chi connectivity index (χ1n) is 8.87. The fraction of sp³-hybridized carbons (Fsp3) is 0.350. The van der Waals surface area contributed by atoms with Crippen LogP contribution in [0.25, 0.3) is 0 Å². The average Bonchev–Trinajstić information content (AvgIpc) is 2.99. The van der Waals surface area contributed by atoms with Crippen molar-refractivity contribution >= 4 is 27.3 Å². The summed E-state index contributed by atoms with van der Waals surface area (Å²) in [4.78, 5) is 14.3. The Kier molecular flexibility index (Phi) is 6.25. The number of carbonyl (C=O) groups is 1. The lowest BCUT2D eigenvalue weighted by Gasteiger charge is -2.28. The minimum Gasteiger partial charge on any atom is -0.483 e. The number of amides is 1. The Morgan fingerprint density at radius 1 is 1.29 bits per heavy atom.